The lowest BCUT2D eigenvalue weighted by atomic mass is 10.1. The van der Waals surface area contributed by atoms with Crippen molar-refractivity contribution in [3.63, 3.8) is 0 Å². The number of hydrogen-bond acceptors (Lipinski definition) is 7. The minimum atomic E-state index is -0.682. The largest absolute Gasteiger partial charge is 0.479 e. The van der Waals surface area contributed by atoms with Crippen molar-refractivity contribution in [3.05, 3.63) is 47.7 Å². The van der Waals surface area contributed by atoms with Gasteiger partial charge in [0.15, 0.2) is 6.10 Å². The summed E-state index contributed by atoms with van der Waals surface area (Å²) in [5, 5.41) is 0. The Labute approximate surface area is 197 Å². The van der Waals surface area contributed by atoms with Crippen LogP contribution in [0.15, 0.2) is 36.5 Å². The smallest absolute Gasteiger partial charge is 0.328 e. The molecular weight excluding hydrogens is 438 g/mol. The van der Waals surface area contributed by atoms with Crippen molar-refractivity contribution >= 4 is 23.5 Å². The predicted molar refractivity (Wildman–Crippen MR) is 122 cm³/mol. The number of benzene rings is 1. The molecule has 1 aromatic carbocycles. The van der Waals surface area contributed by atoms with Gasteiger partial charge in [0, 0.05) is 36.8 Å². The van der Waals surface area contributed by atoms with Gasteiger partial charge in [-0.2, -0.15) is 0 Å². The first-order chi connectivity index (χ1) is 16.4. The lowest BCUT2D eigenvalue weighted by Crippen LogP contribution is -2.39. The van der Waals surface area contributed by atoms with Crippen LogP contribution in [-0.2, 0) is 20.9 Å². The number of esters is 1. The topological polar surface area (TPSA) is 98.3 Å². The summed E-state index contributed by atoms with van der Waals surface area (Å²) in [5.41, 5.74) is 1.95. The van der Waals surface area contributed by atoms with E-state index in [-0.39, 0.29) is 11.8 Å². The van der Waals surface area contributed by atoms with Crippen LogP contribution in [0.25, 0.3) is 0 Å². The van der Waals surface area contributed by atoms with Gasteiger partial charge >= 0.3 is 5.97 Å². The van der Waals surface area contributed by atoms with Crippen LogP contribution < -0.4 is 14.4 Å². The highest BCUT2D eigenvalue weighted by Crippen LogP contribution is 2.32. The lowest BCUT2D eigenvalue weighted by molar-refractivity contribution is -0.145. The van der Waals surface area contributed by atoms with E-state index in [2.05, 4.69) is 4.98 Å². The van der Waals surface area contributed by atoms with Crippen LogP contribution in [0.3, 0.4) is 0 Å². The summed E-state index contributed by atoms with van der Waals surface area (Å²) in [5.74, 6) is 0.831. The summed E-state index contributed by atoms with van der Waals surface area (Å²) in [6.45, 7) is 3.14. The molecule has 9 nitrogen and oxygen atoms in total. The van der Waals surface area contributed by atoms with Crippen molar-refractivity contribution < 1.29 is 28.6 Å². The number of fused-ring (bicyclic) bond motifs is 1. The van der Waals surface area contributed by atoms with Crippen molar-refractivity contribution in [2.75, 3.05) is 25.2 Å². The first kappa shape index (κ1) is 22.2. The number of carbonyl (C=O) groups is 3. The van der Waals surface area contributed by atoms with Gasteiger partial charge in [-0.15, -0.1) is 0 Å². The maximum Gasteiger partial charge on any atom is 0.328 e. The highest BCUT2D eigenvalue weighted by atomic mass is 16.5. The van der Waals surface area contributed by atoms with Crippen molar-refractivity contribution in [3.8, 4) is 11.6 Å². The summed E-state index contributed by atoms with van der Waals surface area (Å²) >= 11 is 0. The monoisotopic (exact) mass is 465 g/mol. The Morgan fingerprint density at radius 3 is 2.71 bits per heavy atom. The van der Waals surface area contributed by atoms with Gasteiger partial charge in [0.25, 0.3) is 11.8 Å². The number of anilines is 1. The molecule has 0 spiro atoms. The molecule has 2 amide bonds. The van der Waals surface area contributed by atoms with E-state index < -0.39 is 18.1 Å². The first-order valence-electron chi connectivity index (χ1n) is 11.5. The molecule has 1 saturated carbocycles. The van der Waals surface area contributed by atoms with E-state index in [0.717, 1.165) is 5.56 Å². The molecule has 9 heteroatoms. The molecule has 178 valence electrons. The number of amides is 2. The average Bonchev–Trinajstić information content (AvgIpc) is 3.55. The van der Waals surface area contributed by atoms with Crippen LogP contribution in [-0.4, -0.2) is 60.1 Å². The Bertz CT molecular complexity index is 1110. The Hall–Kier alpha value is -3.62. The van der Waals surface area contributed by atoms with E-state index in [9.17, 15) is 14.4 Å². The van der Waals surface area contributed by atoms with Crippen LogP contribution in [0.2, 0.25) is 0 Å². The summed E-state index contributed by atoms with van der Waals surface area (Å²) in [6, 6.07) is 8.21. The third-order valence-corrected chi connectivity index (χ3v) is 6.55. The van der Waals surface area contributed by atoms with E-state index in [1.165, 1.54) is 24.9 Å². The molecule has 0 radical (unpaired) electrons. The van der Waals surface area contributed by atoms with Crippen molar-refractivity contribution in [1.29, 1.82) is 0 Å². The second-order valence-electron chi connectivity index (χ2n) is 8.95. The fourth-order valence-corrected chi connectivity index (χ4v) is 4.28. The van der Waals surface area contributed by atoms with Crippen LogP contribution >= 0.6 is 0 Å². The minimum absolute atomic E-state index is 0.167. The normalized spacial score (nSPS) is 20.4. The summed E-state index contributed by atoms with van der Waals surface area (Å²) < 4.78 is 16.3. The first-order valence-corrected chi connectivity index (χ1v) is 11.5. The van der Waals surface area contributed by atoms with E-state index in [1.807, 2.05) is 12.1 Å². The van der Waals surface area contributed by atoms with Gasteiger partial charge in [-0.1, -0.05) is 6.07 Å². The number of hydrogen-bond donors (Lipinski definition) is 0. The van der Waals surface area contributed by atoms with Gasteiger partial charge in [-0.25, -0.2) is 9.78 Å². The quantitative estimate of drug-likeness (QED) is 0.553. The predicted octanol–water partition coefficient (Wildman–Crippen LogP) is 2.57. The maximum atomic E-state index is 13.0. The van der Waals surface area contributed by atoms with Gasteiger partial charge in [0.2, 0.25) is 5.88 Å². The number of ether oxygens (including phenoxy) is 3. The van der Waals surface area contributed by atoms with Gasteiger partial charge in [-0.3, -0.25) is 9.59 Å². The number of methoxy groups -OCH3 is 1. The fraction of sp³-hybridized carbons (Fsp3) is 0.440. The van der Waals surface area contributed by atoms with Gasteiger partial charge in [-0.05, 0) is 49.4 Å². The zero-order valence-corrected chi connectivity index (χ0v) is 19.2. The number of nitrogens with zero attached hydrogens (tertiary/aromatic N) is 3. The van der Waals surface area contributed by atoms with Gasteiger partial charge in [0.1, 0.15) is 11.8 Å². The highest BCUT2D eigenvalue weighted by molar-refractivity contribution is 6.04. The van der Waals surface area contributed by atoms with Crippen molar-refractivity contribution in [2.24, 2.45) is 5.92 Å². The van der Waals surface area contributed by atoms with Crippen LogP contribution in [0.5, 0.6) is 11.6 Å². The molecule has 2 atom stereocenters. The summed E-state index contributed by atoms with van der Waals surface area (Å²) in [7, 11) is 1.30. The third kappa shape index (κ3) is 4.30. The van der Waals surface area contributed by atoms with Gasteiger partial charge < -0.3 is 24.0 Å². The maximum absolute atomic E-state index is 13.0. The second kappa shape index (κ2) is 8.96. The Kier molecular flexibility index (Phi) is 5.85. The van der Waals surface area contributed by atoms with Gasteiger partial charge in [0.05, 0.1) is 19.9 Å². The molecule has 2 aliphatic heterocycles. The lowest BCUT2D eigenvalue weighted by Gasteiger charge is -2.21. The van der Waals surface area contributed by atoms with E-state index in [4.69, 9.17) is 14.2 Å². The molecule has 1 aromatic heterocycles. The molecule has 3 aliphatic rings. The van der Waals surface area contributed by atoms with E-state index >= 15 is 0 Å². The number of rotatable bonds is 8. The molecule has 0 N–H and O–H groups in total. The van der Waals surface area contributed by atoms with Crippen molar-refractivity contribution in [2.45, 2.75) is 44.9 Å². The number of pyridine rings is 1. The highest BCUT2D eigenvalue weighted by Gasteiger charge is 2.38. The molecule has 34 heavy (non-hydrogen) atoms. The average molecular weight is 466 g/mol. The zero-order valence-electron chi connectivity index (χ0n) is 19.2. The molecule has 1 unspecified atom stereocenters. The fourth-order valence-electron chi connectivity index (χ4n) is 4.28. The number of carbonyl (C=O) groups excluding carboxylic acids is 3. The SMILES string of the molecule is COC(=O)C(C)N1Cc2ccc(N3CC[C@@H](Oc4ccc(OCC5CC5)nc4)C3=O)cc2C1=O. The minimum Gasteiger partial charge on any atom is -0.479 e. The summed E-state index contributed by atoms with van der Waals surface area (Å²) in [6.07, 6.45) is 3.90. The molecular formula is C25H27N3O6. The zero-order chi connectivity index (χ0) is 23.8. The Morgan fingerprint density at radius 2 is 2.00 bits per heavy atom. The molecule has 2 fully saturated rings. The number of aromatic nitrogens is 1. The van der Waals surface area contributed by atoms with Crippen LogP contribution in [0.1, 0.15) is 42.1 Å². The van der Waals surface area contributed by atoms with E-state index in [1.54, 1.807) is 36.2 Å². The summed E-state index contributed by atoms with van der Waals surface area (Å²) in [4.78, 5) is 45.2. The standard InChI is InChI=1S/C25H27N3O6/c1-15(25(31)32-2)28-13-17-5-6-18(11-20(17)23(28)29)27-10-9-21(24(27)30)34-19-7-8-22(26-12-19)33-14-16-3-4-16/h5-8,11-12,15-16,21H,3-4,9-10,13-14H2,1-2H3/t15?,21-/m1/s1. The van der Waals surface area contributed by atoms with Crippen molar-refractivity contribution in [1.82, 2.24) is 9.88 Å². The molecule has 0 bridgehead atoms. The molecule has 3 heterocycles. The third-order valence-electron chi connectivity index (χ3n) is 6.55. The Balaban J connectivity index is 1.23. The molecule has 1 aliphatic carbocycles. The van der Waals surface area contributed by atoms with Crippen LogP contribution in [0.4, 0.5) is 5.69 Å². The Morgan fingerprint density at radius 1 is 1.18 bits per heavy atom. The molecule has 5 rings (SSSR count). The van der Waals surface area contributed by atoms with Crippen LogP contribution in [0, 0.1) is 5.92 Å². The second-order valence-corrected chi connectivity index (χ2v) is 8.95. The molecule has 1 saturated heterocycles. The van der Waals surface area contributed by atoms with E-state index in [0.29, 0.717) is 54.9 Å². The molecule has 2 aromatic rings.